The third kappa shape index (κ3) is 38.9. The van der Waals surface area contributed by atoms with Crippen molar-refractivity contribution >= 4 is 52.6 Å². The van der Waals surface area contributed by atoms with Gasteiger partial charge in [-0.15, -0.1) is 0 Å². The molecule has 0 aliphatic carbocycles. The van der Waals surface area contributed by atoms with Crippen LogP contribution in [0.2, 0.25) is 0 Å². The molecular weight excluding hydrogens is 699 g/mol. The van der Waals surface area contributed by atoms with Crippen molar-refractivity contribution in [1.29, 1.82) is 0 Å². The maximum Gasteiger partial charge on any atom is 3.00 e. The molecule has 0 fully saturated rings. The first-order chi connectivity index (χ1) is 24.3. The van der Waals surface area contributed by atoms with E-state index < -0.39 is 73.4 Å². The second-order valence-electron chi connectivity index (χ2n) is 11.4. The first-order valence-electron chi connectivity index (χ1n) is 18.2. The number of ketones is 3. The average molecular weight is 763 g/mol. The topological polar surface area (TPSA) is 227 Å². The summed E-state index contributed by atoms with van der Waals surface area (Å²) >= 11 is 0. The average Bonchev–Trinajstić information content (AvgIpc) is 3.06. The van der Waals surface area contributed by atoms with Crippen molar-refractivity contribution in [2.75, 3.05) is 39.6 Å². The summed E-state index contributed by atoms with van der Waals surface area (Å²) in [6, 6.07) is 0. The summed E-state index contributed by atoms with van der Waals surface area (Å²) < 4.78 is 31.4. The predicted molar refractivity (Wildman–Crippen MR) is 186 cm³/mol. The molecule has 0 unspecified atom stereocenters. The molecule has 0 aromatic carbocycles. The maximum atomic E-state index is 11.5. The molecule has 0 aromatic rings. The monoisotopic (exact) mass is 762 g/mol. The Morgan fingerprint density at radius 2 is 0.519 bits per heavy atom. The second kappa shape index (κ2) is 41.5. The molecule has 0 bridgehead atoms. The van der Waals surface area contributed by atoms with Crippen LogP contribution in [0.15, 0.2) is 0 Å². The minimum Gasteiger partial charge on any atom is -0.550 e. The van der Waals surface area contributed by atoms with Crippen molar-refractivity contribution in [2.24, 2.45) is 0 Å². The van der Waals surface area contributed by atoms with Crippen LogP contribution in [0.25, 0.3) is 0 Å². The fourth-order valence-corrected chi connectivity index (χ4v) is 3.39. The Morgan fingerprint density at radius 1 is 0.365 bits per heavy atom. The van der Waals surface area contributed by atoms with Crippen molar-refractivity contribution in [2.45, 2.75) is 157 Å². The third-order valence-corrected chi connectivity index (χ3v) is 6.35. The van der Waals surface area contributed by atoms with E-state index in [0.29, 0.717) is 39.6 Å². The Labute approximate surface area is 320 Å². The summed E-state index contributed by atoms with van der Waals surface area (Å²) in [7, 11) is 0. The largest absolute Gasteiger partial charge is 3.00 e. The Kier molecular flexibility index (Phi) is 45.0. The fourth-order valence-electron chi connectivity index (χ4n) is 3.39. The summed E-state index contributed by atoms with van der Waals surface area (Å²) in [6.07, 6.45) is 5.33. The van der Waals surface area contributed by atoms with Gasteiger partial charge in [0.1, 0.15) is 0 Å². The van der Waals surface area contributed by atoms with E-state index in [0.717, 1.165) is 77.0 Å². The molecule has 0 heterocycles. The van der Waals surface area contributed by atoms with Crippen LogP contribution in [0.3, 0.4) is 0 Å². The molecule has 52 heavy (non-hydrogen) atoms. The molecule has 0 rings (SSSR count). The van der Waals surface area contributed by atoms with Crippen LogP contribution in [-0.2, 0) is 57.2 Å². The Hall–Kier alpha value is -2.29. The number of ether oxygens (including phenoxy) is 6. The quantitative estimate of drug-likeness (QED) is 0.0400. The molecular formula is C36H63AlO15. The number of hydrogen-bond donors (Lipinski definition) is 0. The van der Waals surface area contributed by atoms with Gasteiger partial charge >= 0.3 is 17.4 Å². The number of carboxylic acids is 3. The number of carbonyl (C=O) groups excluding carboxylic acids is 6. The summed E-state index contributed by atoms with van der Waals surface area (Å²) in [6.45, 7) is 14.4. The molecule has 0 aliphatic rings. The van der Waals surface area contributed by atoms with Gasteiger partial charge in [-0.05, 0) is 38.5 Å². The Bertz CT molecular complexity index is 772. The van der Waals surface area contributed by atoms with Gasteiger partial charge in [0.25, 0.3) is 0 Å². The summed E-state index contributed by atoms with van der Waals surface area (Å²) in [5.41, 5.74) is 0. The van der Waals surface area contributed by atoms with Gasteiger partial charge in [-0.1, -0.05) is 80.1 Å². The number of aliphatic carboxylic acids is 3. The van der Waals surface area contributed by atoms with E-state index in [1.165, 1.54) is 0 Å². The number of hydrogen-bond acceptors (Lipinski definition) is 15. The second-order valence-corrected chi connectivity index (χ2v) is 11.4. The van der Waals surface area contributed by atoms with Gasteiger partial charge in [0.15, 0.2) is 17.3 Å². The van der Waals surface area contributed by atoms with Gasteiger partial charge in [0.2, 0.25) is 18.9 Å². The van der Waals surface area contributed by atoms with Crippen LogP contribution in [0.1, 0.15) is 138 Å². The molecule has 0 radical (unpaired) electrons. The molecule has 0 saturated heterocycles. The molecule has 0 spiro atoms. The van der Waals surface area contributed by atoms with Crippen molar-refractivity contribution in [3.63, 3.8) is 0 Å². The third-order valence-electron chi connectivity index (χ3n) is 6.35. The molecule has 300 valence electrons. The van der Waals surface area contributed by atoms with E-state index >= 15 is 0 Å². The normalized spacial score (nSPS) is 10.6. The standard InChI is InChI=1S/3C12H22O5.Al/c3*1-3-5-7-16-12(17-8-6-4-2)10(13)9-11(14)15;/h3*12H,3-9H2,1-2H3,(H,14,15);/q;;;+3/p-3. The van der Waals surface area contributed by atoms with Crippen molar-refractivity contribution in [3.05, 3.63) is 0 Å². The van der Waals surface area contributed by atoms with Crippen LogP contribution in [0.4, 0.5) is 0 Å². The number of carbonyl (C=O) groups is 6. The number of rotatable bonds is 33. The van der Waals surface area contributed by atoms with Crippen molar-refractivity contribution in [1.82, 2.24) is 0 Å². The molecule has 0 N–H and O–H groups in total. The Morgan fingerprint density at radius 3 is 0.635 bits per heavy atom. The molecule has 0 aliphatic heterocycles. The van der Waals surface area contributed by atoms with E-state index in [4.69, 9.17) is 28.4 Å². The minimum atomic E-state index is -1.40. The number of unbranched alkanes of at least 4 members (excludes halogenated alkanes) is 6. The first-order valence-corrected chi connectivity index (χ1v) is 18.2. The van der Waals surface area contributed by atoms with Gasteiger partial charge in [0.05, 0.1) is 58.9 Å². The predicted octanol–water partition coefficient (Wildman–Crippen LogP) is 1.58. The van der Waals surface area contributed by atoms with Crippen LogP contribution in [0.5, 0.6) is 0 Å². The smallest absolute Gasteiger partial charge is 0.550 e. The van der Waals surface area contributed by atoms with Gasteiger partial charge in [-0.25, -0.2) is 0 Å². The van der Waals surface area contributed by atoms with Crippen LogP contribution in [0, 0.1) is 0 Å². The molecule has 16 heteroatoms. The zero-order valence-corrected chi connectivity index (χ0v) is 33.4. The maximum absolute atomic E-state index is 11.5. The van der Waals surface area contributed by atoms with Crippen LogP contribution < -0.4 is 15.3 Å². The van der Waals surface area contributed by atoms with E-state index in [1.807, 2.05) is 41.5 Å². The number of Topliss-reactive ketones (excluding diaryl/α,β-unsaturated/α-hetero) is 3. The first kappa shape index (κ1) is 56.5. The summed E-state index contributed by atoms with van der Waals surface area (Å²) in [5, 5.41) is 31.0. The molecule has 15 nitrogen and oxygen atoms in total. The zero-order chi connectivity index (χ0) is 39.3. The van der Waals surface area contributed by atoms with Crippen molar-refractivity contribution < 1.29 is 72.5 Å². The minimum absolute atomic E-state index is 0. The Balaban J connectivity index is -0.000000329. The number of carboxylic acid groups (broad SMARTS) is 3. The molecule has 0 saturated carbocycles. The van der Waals surface area contributed by atoms with Gasteiger partial charge in [-0.2, -0.15) is 0 Å². The van der Waals surface area contributed by atoms with E-state index in [1.54, 1.807) is 0 Å². The van der Waals surface area contributed by atoms with Gasteiger partial charge in [-0.3, -0.25) is 14.4 Å². The summed E-state index contributed by atoms with van der Waals surface area (Å²) in [5.74, 6) is -5.97. The molecule has 0 amide bonds. The van der Waals surface area contributed by atoms with Crippen molar-refractivity contribution in [3.8, 4) is 0 Å². The SMILES string of the molecule is CCCCOC(OCCCC)C(=O)CC(=O)[O-].CCCCOC(OCCCC)C(=O)CC(=O)[O-].CCCCOC(OCCCC)C(=O)CC(=O)[O-].[Al+3]. The fraction of sp³-hybridized carbons (Fsp3) is 0.833. The van der Waals surface area contributed by atoms with Gasteiger partial charge in [0, 0.05) is 17.9 Å². The van der Waals surface area contributed by atoms with E-state index in [9.17, 15) is 44.1 Å². The zero-order valence-electron chi connectivity index (χ0n) is 32.3. The molecule has 0 atom stereocenters. The summed E-state index contributed by atoms with van der Waals surface area (Å²) in [4.78, 5) is 65.4. The van der Waals surface area contributed by atoms with E-state index in [2.05, 4.69) is 0 Å². The van der Waals surface area contributed by atoms with Crippen LogP contribution >= 0.6 is 0 Å². The van der Waals surface area contributed by atoms with Crippen LogP contribution in [-0.4, -0.2) is 111 Å². The van der Waals surface area contributed by atoms with E-state index in [-0.39, 0.29) is 17.4 Å². The molecule has 0 aromatic heterocycles. The van der Waals surface area contributed by atoms with Gasteiger partial charge < -0.3 is 58.1 Å².